The quantitative estimate of drug-likeness (QED) is 0.552. The molecule has 0 aliphatic carbocycles. The smallest absolute Gasteiger partial charge is 0.339 e. The van der Waals surface area contributed by atoms with E-state index in [9.17, 15) is 14.0 Å². The van der Waals surface area contributed by atoms with Crippen molar-refractivity contribution in [2.24, 2.45) is 0 Å². The van der Waals surface area contributed by atoms with Crippen LogP contribution >= 0.6 is 0 Å². The van der Waals surface area contributed by atoms with Gasteiger partial charge in [-0.2, -0.15) is 0 Å². The van der Waals surface area contributed by atoms with Crippen LogP contribution in [0.5, 0.6) is 0 Å². The average molecular weight is 408 g/mol. The number of anilines is 1. The van der Waals surface area contributed by atoms with Gasteiger partial charge in [0, 0.05) is 30.0 Å². The summed E-state index contributed by atoms with van der Waals surface area (Å²) in [7, 11) is 0. The van der Waals surface area contributed by atoms with E-state index in [1.807, 2.05) is 48.7 Å². The van der Waals surface area contributed by atoms with Gasteiger partial charge in [-0.1, -0.05) is 35.9 Å². The van der Waals surface area contributed by atoms with Gasteiger partial charge in [0.15, 0.2) is 0 Å². The third-order valence-corrected chi connectivity index (χ3v) is 4.88. The van der Waals surface area contributed by atoms with Crippen LogP contribution in [0.15, 0.2) is 54.6 Å². The van der Waals surface area contributed by atoms with Crippen molar-refractivity contribution in [3.8, 4) is 11.3 Å². The van der Waals surface area contributed by atoms with Gasteiger partial charge in [-0.15, -0.1) is 0 Å². The molecule has 3 aromatic rings. The van der Waals surface area contributed by atoms with Crippen molar-refractivity contribution in [2.75, 3.05) is 11.9 Å². The summed E-state index contributed by atoms with van der Waals surface area (Å²) in [6.07, 6.45) is 0.174. The molecule has 0 saturated carbocycles. The number of halogens is 1. The summed E-state index contributed by atoms with van der Waals surface area (Å²) in [5.41, 5.74) is 4.56. The summed E-state index contributed by atoms with van der Waals surface area (Å²) in [5, 5.41) is 2.71. The first-order chi connectivity index (χ1) is 14.4. The Balaban J connectivity index is 1.85. The molecule has 0 aliphatic rings. The van der Waals surface area contributed by atoms with E-state index in [-0.39, 0.29) is 18.3 Å². The van der Waals surface area contributed by atoms with Gasteiger partial charge < -0.3 is 14.6 Å². The number of carbonyl (C=O) groups excluding carboxylic acids is 2. The van der Waals surface area contributed by atoms with Gasteiger partial charge in [0.05, 0.1) is 12.2 Å². The summed E-state index contributed by atoms with van der Waals surface area (Å²) < 4.78 is 20.5. The van der Waals surface area contributed by atoms with Crippen molar-refractivity contribution >= 4 is 17.6 Å². The third-order valence-electron chi connectivity index (χ3n) is 4.88. The number of benzene rings is 2. The zero-order chi connectivity index (χ0) is 21.7. The molecule has 5 nitrogen and oxygen atoms in total. The predicted molar refractivity (Wildman–Crippen MR) is 115 cm³/mol. The number of hydrogen-bond donors (Lipinski definition) is 1. The lowest BCUT2D eigenvalue weighted by atomic mass is 10.1. The van der Waals surface area contributed by atoms with Crippen LogP contribution in [0.25, 0.3) is 11.3 Å². The fourth-order valence-electron chi connectivity index (χ4n) is 3.32. The van der Waals surface area contributed by atoms with E-state index in [4.69, 9.17) is 4.74 Å². The molecule has 1 amide bonds. The highest BCUT2D eigenvalue weighted by atomic mass is 19.1. The van der Waals surface area contributed by atoms with Gasteiger partial charge in [-0.3, -0.25) is 4.79 Å². The molecule has 0 fully saturated rings. The number of ether oxygens (including phenoxy) is 1. The molecule has 0 bridgehead atoms. The Bertz CT molecular complexity index is 1050. The maximum absolute atomic E-state index is 13.3. The Morgan fingerprint density at radius 1 is 1.07 bits per heavy atom. The molecular weight excluding hydrogens is 383 g/mol. The molecule has 156 valence electrons. The highest BCUT2D eigenvalue weighted by molar-refractivity contribution is 5.93. The Morgan fingerprint density at radius 3 is 2.47 bits per heavy atom. The molecule has 0 atom stereocenters. The molecule has 1 aromatic heterocycles. The van der Waals surface area contributed by atoms with E-state index in [2.05, 4.69) is 5.32 Å². The fourth-order valence-corrected chi connectivity index (χ4v) is 3.32. The maximum Gasteiger partial charge on any atom is 0.339 e. The molecule has 0 aliphatic heterocycles. The number of amides is 1. The minimum atomic E-state index is -0.408. The Labute approximate surface area is 175 Å². The Hall–Kier alpha value is -3.41. The van der Waals surface area contributed by atoms with Crippen molar-refractivity contribution in [3.63, 3.8) is 0 Å². The number of carbonyl (C=O) groups is 2. The molecule has 0 unspecified atom stereocenters. The molecule has 6 heteroatoms. The minimum Gasteiger partial charge on any atom is -0.462 e. The Morgan fingerprint density at radius 2 is 1.80 bits per heavy atom. The summed E-state index contributed by atoms with van der Waals surface area (Å²) in [5.74, 6) is -1.03. The number of hydrogen-bond acceptors (Lipinski definition) is 3. The highest BCUT2D eigenvalue weighted by Crippen LogP contribution is 2.27. The first kappa shape index (κ1) is 21.3. The van der Waals surface area contributed by atoms with Crippen LogP contribution in [-0.4, -0.2) is 23.1 Å². The molecule has 30 heavy (non-hydrogen) atoms. The number of esters is 1. The van der Waals surface area contributed by atoms with E-state index in [1.54, 1.807) is 19.1 Å². The van der Waals surface area contributed by atoms with Crippen molar-refractivity contribution in [1.29, 1.82) is 0 Å². The standard InChI is InChI=1S/C24H25FN2O3/c1-4-30-24(29)21-15-22(18-10-8-16(2)9-11-18)27(17(21)3)13-12-23(28)26-20-7-5-6-19(25)14-20/h5-11,14-15H,4,12-13H2,1-3H3,(H,26,28). The largest absolute Gasteiger partial charge is 0.462 e. The lowest BCUT2D eigenvalue weighted by Gasteiger charge is -2.13. The average Bonchev–Trinajstić information content (AvgIpc) is 3.03. The van der Waals surface area contributed by atoms with Crippen molar-refractivity contribution in [3.05, 3.63) is 77.2 Å². The van der Waals surface area contributed by atoms with Gasteiger partial charge in [0.25, 0.3) is 0 Å². The molecule has 0 radical (unpaired) electrons. The van der Waals surface area contributed by atoms with Gasteiger partial charge in [0.1, 0.15) is 5.82 Å². The van der Waals surface area contributed by atoms with E-state index in [0.717, 1.165) is 22.5 Å². The summed E-state index contributed by atoms with van der Waals surface area (Å²) in [6.45, 7) is 6.28. The summed E-state index contributed by atoms with van der Waals surface area (Å²) in [6, 6.07) is 15.6. The second-order valence-electron chi connectivity index (χ2n) is 7.08. The summed E-state index contributed by atoms with van der Waals surface area (Å²) >= 11 is 0. The molecule has 1 heterocycles. The number of aromatic nitrogens is 1. The van der Waals surface area contributed by atoms with Crippen LogP contribution in [0.4, 0.5) is 10.1 Å². The topological polar surface area (TPSA) is 60.3 Å². The number of nitrogens with zero attached hydrogens (tertiary/aromatic N) is 1. The van der Waals surface area contributed by atoms with Crippen LogP contribution < -0.4 is 5.32 Å². The zero-order valence-electron chi connectivity index (χ0n) is 17.4. The van der Waals surface area contributed by atoms with E-state index >= 15 is 0 Å². The van der Waals surface area contributed by atoms with Crippen LogP contribution in [0, 0.1) is 19.7 Å². The van der Waals surface area contributed by atoms with Gasteiger partial charge >= 0.3 is 5.97 Å². The summed E-state index contributed by atoms with van der Waals surface area (Å²) in [4.78, 5) is 24.8. The molecule has 2 aromatic carbocycles. The van der Waals surface area contributed by atoms with Gasteiger partial charge in [-0.25, -0.2) is 9.18 Å². The molecular formula is C24H25FN2O3. The van der Waals surface area contributed by atoms with Crippen molar-refractivity contribution in [1.82, 2.24) is 4.57 Å². The second kappa shape index (κ2) is 9.39. The first-order valence-electron chi connectivity index (χ1n) is 9.88. The normalized spacial score (nSPS) is 10.7. The minimum absolute atomic E-state index is 0.174. The highest BCUT2D eigenvalue weighted by Gasteiger charge is 2.20. The van der Waals surface area contributed by atoms with Crippen LogP contribution in [0.1, 0.15) is 35.0 Å². The lowest BCUT2D eigenvalue weighted by molar-refractivity contribution is -0.116. The number of aryl methyl sites for hydroxylation is 1. The maximum atomic E-state index is 13.3. The van der Waals surface area contributed by atoms with Crippen LogP contribution in [-0.2, 0) is 16.1 Å². The molecule has 3 rings (SSSR count). The SMILES string of the molecule is CCOC(=O)c1cc(-c2ccc(C)cc2)n(CCC(=O)Nc2cccc(F)c2)c1C. The third kappa shape index (κ3) is 4.95. The monoisotopic (exact) mass is 408 g/mol. The van der Waals surface area contributed by atoms with Gasteiger partial charge in [-0.05, 0) is 50.6 Å². The Kier molecular flexibility index (Phi) is 6.67. The van der Waals surface area contributed by atoms with Crippen LogP contribution in [0.2, 0.25) is 0 Å². The fraction of sp³-hybridized carbons (Fsp3) is 0.250. The second-order valence-corrected chi connectivity index (χ2v) is 7.08. The predicted octanol–water partition coefficient (Wildman–Crippen LogP) is 5.12. The molecule has 0 saturated heterocycles. The molecule has 1 N–H and O–H groups in total. The number of nitrogens with one attached hydrogen (secondary N) is 1. The van der Waals surface area contributed by atoms with Crippen molar-refractivity contribution in [2.45, 2.75) is 33.7 Å². The van der Waals surface area contributed by atoms with Gasteiger partial charge in [0.2, 0.25) is 5.91 Å². The lowest BCUT2D eigenvalue weighted by Crippen LogP contribution is -2.16. The van der Waals surface area contributed by atoms with E-state index in [1.165, 1.54) is 12.1 Å². The van der Waals surface area contributed by atoms with E-state index < -0.39 is 5.82 Å². The van der Waals surface area contributed by atoms with Crippen molar-refractivity contribution < 1.29 is 18.7 Å². The zero-order valence-corrected chi connectivity index (χ0v) is 17.4. The molecule has 0 spiro atoms. The first-order valence-corrected chi connectivity index (χ1v) is 9.88. The van der Waals surface area contributed by atoms with Crippen LogP contribution in [0.3, 0.4) is 0 Å². The number of rotatable bonds is 7. The van der Waals surface area contributed by atoms with E-state index in [0.29, 0.717) is 24.4 Å².